The van der Waals surface area contributed by atoms with Gasteiger partial charge in [-0.2, -0.15) is 8.78 Å². The molecule has 0 saturated carbocycles. The Bertz CT molecular complexity index is 437. The zero-order chi connectivity index (χ0) is 15.1. The fourth-order valence-corrected chi connectivity index (χ4v) is 2.40. The molecule has 1 fully saturated rings. The highest BCUT2D eigenvalue weighted by molar-refractivity contribution is 5.43. The van der Waals surface area contributed by atoms with Crippen molar-refractivity contribution in [2.75, 3.05) is 40.0 Å². The molecule has 1 aromatic carbocycles. The molecule has 0 spiro atoms. The van der Waals surface area contributed by atoms with Gasteiger partial charge in [-0.05, 0) is 37.1 Å². The van der Waals surface area contributed by atoms with Gasteiger partial charge in [0.25, 0.3) is 0 Å². The van der Waals surface area contributed by atoms with Crippen LogP contribution in [0.2, 0.25) is 0 Å². The highest BCUT2D eigenvalue weighted by Gasteiger charge is 2.12. The molecule has 0 bridgehead atoms. The Balaban J connectivity index is 1.87. The van der Waals surface area contributed by atoms with Crippen LogP contribution in [0.1, 0.15) is 12.0 Å². The summed E-state index contributed by atoms with van der Waals surface area (Å²) in [5.74, 6) is 0.420. The lowest BCUT2D eigenvalue weighted by molar-refractivity contribution is -0.0512. The van der Waals surface area contributed by atoms with Crippen molar-refractivity contribution in [3.05, 3.63) is 23.8 Å². The summed E-state index contributed by atoms with van der Waals surface area (Å²) >= 11 is 0. The molecule has 1 heterocycles. The molecule has 2 rings (SSSR count). The van der Waals surface area contributed by atoms with E-state index in [9.17, 15) is 8.78 Å². The van der Waals surface area contributed by atoms with Gasteiger partial charge in [0.2, 0.25) is 0 Å². The van der Waals surface area contributed by atoms with Gasteiger partial charge >= 0.3 is 6.61 Å². The number of benzene rings is 1. The van der Waals surface area contributed by atoms with E-state index >= 15 is 0 Å². The third kappa shape index (κ3) is 5.13. The second-order valence-corrected chi connectivity index (χ2v) is 4.92. The number of alkyl halides is 2. The predicted molar refractivity (Wildman–Crippen MR) is 75.2 cm³/mol. The van der Waals surface area contributed by atoms with E-state index in [0.29, 0.717) is 5.75 Å². The van der Waals surface area contributed by atoms with Gasteiger partial charge < -0.3 is 14.2 Å². The van der Waals surface area contributed by atoms with Gasteiger partial charge in [-0.25, -0.2) is 0 Å². The smallest absolute Gasteiger partial charge is 0.387 e. The van der Waals surface area contributed by atoms with Crippen molar-refractivity contribution in [2.24, 2.45) is 0 Å². The summed E-state index contributed by atoms with van der Waals surface area (Å²) in [6, 6.07) is 5.18. The Kier molecular flexibility index (Phi) is 6.20. The summed E-state index contributed by atoms with van der Waals surface area (Å²) in [5, 5.41) is 0. The van der Waals surface area contributed by atoms with Crippen molar-refractivity contribution in [1.82, 2.24) is 4.90 Å². The molecule has 0 N–H and O–H groups in total. The summed E-state index contributed by atoms with van der Waals surface area (Å²) in [7, 11) is 1.44. The Morgan fingerprint density at radius 2 is 2.00 bits per heavy atom. The molecule has 118 valence electrons. The summed E-state index contributed by atoms with van der Waals surface area (Å²) in [5.41, 5.74) is 0.972. The van der Waals surface area contributed by atoms with E-state index in [2.05, 4.69) is 9.64 Å². The zero-order valence-corrected chi connectivity index (χ0v) is 12.2. The number of hydrogen-bond donors (Lipinski definition) is 0. The molecule has 4 nitrogen and oxygen atoms in total. The SMILES string of the molecule is COc1ccc(CCCN2CCOCC2)cc1OC(F)F. The molecule has 1 aliphatic heterocycles. The monoisotopic (exact) mass is 301 g/mol. The van der Waals surface area contributed by atoms with Crippen LogP contribution >= 0.6 is 0 Å². The normalized spacial score (nSPS) is 16.2. The van der Waals surface area contributed by atoms with Crippen LogP contribution in [-0.2, 0) is 11.2 Å². The first-order valence-corrected chi connectivity index (χ1v) is 7.11. The first-order chi connectivity index (χ1) is 10.2. The van der Waals surface area contributed by atoms with Gasteiger partial charge in [0.1, 0.15) is 0 Å². The maximum absolute atomic E-state index is 12.4. The lowest BCUT2D eigenvalue weighted by Crippen LogP contribution is -2.36. The molecule has 0 atom stereocenters. The van der Waals surface area contributed by atoms with Gasteiger partial charge in [0.05, 0.1) is 20.3 Å². The van der Waals surface area contributed by atoms with Crippen LogP contribution in [0.5, 0.6) is 11.5 Å². The molecule has 0 radical (unpaired) electrons. The predicted octanol–water partition coefficient (Wildman–Crippen LogP) is 2.56. The molecule has 21 heavy (non-hydrogen) atoms. The number of halogens is 2. The molecule has 0 aliphatic carbocycles. The molecular formula is C15H21F2NO3. The maximum Gasteiger partial charge on any atom is 0.387 e. The number of ether oxygens (including phenoxy) is 3. The highest BCUT2D eigenvalue weighted by atomic mass is 19.3. The summed E-state index contributed by atoms with van der Waals surface area (Å²) < 4.78 is 39.5. The van der Waals surface area contributed by atoms with E-state index in [-0.39, 0.29) is 5.75 Å². The van der Waals surface area contributed by atoms with Crippen LogP contribution in [0.3, 0.4) is 0 Å². The molecule has 1 saturated heterocycles. The van der Waals surface area contributed by atoms with Crippen LogP contribution in [0.4, 0.5) is 8.78 Å². The quantitative estimate of drug-likeness (QED) is 0.774. The minimum absolute atomic E-state index is 0.0939. The topological polar surface area (TPSA) is 30.9 Å². The van der Waals surface area contributed by atoms with Crippen molar-refractivity contribution in [2.45, 2.75) is 19.5 Å². The molecule has 0 amide bonds. The standard InChI is InChI=1S/C15H21F2NO3/c1-19-13-5-4-12(11-14(13)21-15(16)17)3-2-6-18-7-9-20-10-8-18/h4-5,11,15H,2-3,6-10H2,1H3. The fraction of sp³-hybridized carbons (Fsp3) is 0.600. The average molecular weight is 301 g/mol. The average Bonchev–Trinajstić information content (AvgIpc) is 2.48. The number of methoxy groups -OCH3 is 1. The number of hydrogen-bond acceptors (Lipinski definition) is 4. The van der Waals surface area contributed by atoms with Crippen molar-refractivity contribution in [1.29, 1.82) is 0 Å². The third-order valence-corrected chi connectivity index (χ3v) is 3.49. The fourth-order valence-electron chi connectivity index (χ4n) is 2.40. The van der Waals surface area contributed by atoms with Crippen molar-refractivity contribution < 1.29 is 23.0 Å². The minimum atomic E-state index is -2.84. The molecule has 6 heteroatoms. The van der Waals surface area contributed by atoms with Crippen molar-refractivity contribution in [3.8, 4) is 11.5 Å². The molecular weight excluding hydrogens is 280 g/mol. The summed E-state index contributed by atoms with van der Waals surface area (Å²) in [6.45, 7) is 1.64. The first kappa shape index (κ1) is 16.0. The molecule has 1 aliphatic rings. The van der Waals surface area contributed by atoms with E-state index < -0.39 is 6.61 Å². The van der Waals surface area contributed by atoms with Crippen LogP contribution in [0.25, 0.3) is 0 Å². The Labute approximate surface area is 123 Å². The number of aryl methyl sites for hydroxylation is 1. The van der Waals surface area contributed by atoms with Crippen LogP contribution in [0.15, 0.2) is 18.2 Å². The van der Waals surface area contributed by atoms with Gasteiger partial charge in [-0.15, -0.1) is 0 Å². The second-order valence-electron chi connectivity index (χ2n) is 4.92. The van der Waals surface area contributed by atoms with Crippen LogP contribution in [0, 0.1) is 0 Å². The Morgan fingerprint density at radius 1 is 1.24 bits per heavy atom. The zero-order valence-electron chi connectivity index (χ0n) is 12.2. The summed E-state index contributed by atoms with van der Waals surface area (Å²) in [4.78, 5) is 2.35. The van der Waals surface area contributed by atoms with E-state index in [1.807, 2.05) is 6.07 Å². The number of morpholine rings is 1. The van der Waals surface area contributed by atoms with Crippen LogP contribution in [-0.4, -0.2) is 51.5 Å². The summed E-state index contributed by atoms with van der Waals surface area (Å²) in [6.07, 6.45) is 1.79. The number of rotatable bonds is 7. The maximum atomic E-state index is 12.4. The Hall–Kier alpha value is -1.40. The minimum Gasteiger partial charge on any atom is -0.493 e. The molecule has 1 aromatic rings. The largest absolute Gasteiger partial charge is 0.493 e. The van der Waals surface area contributed by atoms with Gasteiger partial charge in [0.15, 0.2) is 11.5 Å². The first-order valence-electron chi connectivity index (χ1n) is 7.11. The lowest BCUT2D eigenvalue weighted by Gasteiger charge is -2.26. The van der Waals surface area contributed by atoms with E-state index in [1.165, 1.54) is 7.11 Å². The molecule has 0 aromatic heterocycles. The highest BCUT2D eigenvalue weighted by Crippen LogP contribution is 2.29. The van der Waals surface area contributed by atoms with Crippen LogP contribution < -0.4 is 9.47 Å². The van der Waals surface area contributed by atoms with Gasteiger partial charge in [-0.1, -0.05) is 6.07 Å². The van der Waals surface area contributed by atoms with E-state index in [0.717, 1.165) is 51.3 Å². The van der Waals surface area contributed by atoms with Crippen molar-refractivity contribution in [3.63, 3.8) is 0 Å². The van der Waals surface area contributed by atoms with Gasteiger partial charge in [-0.3, -0.25) is 4.90 Å². The molecule has 0 unspecified atom stereocenters. The van der Waals surface area contributed by atoms with Gasteiger partial charge in [0, 0.05) is 13.1 Å². The van der Waals surface area contributed by atoms with E-state index in [1.54, 1.807) is 12.1 Å². The third-order valence-electron chi connectivity index (χ3n) is 3.49. The Morgan fingerprint density at radius 3 is 2.67 bits per heavy atom. The number of nitrogens with zero attached hydrogens (tertiary/aromatic N) is 1. The second kappa shape index (κ2) is 8.14. The van der Waals surface area contributed by atoms with Crippen molar-refractivity contribution >= 4 is 0 Å². The lowest BCUT2D eigenvalue weighted by atomic mass is 10.1. The van der Waals surface area contributed by atoms with E-state index in [4.69, 9.17) is 9.47 Å².